The van der Waals surface area contributed by atoms with E-state index in [0.29, 0.717) is 45.6 Å². The number of para-hydroxylation sites is 1. The van der Waals surface area contributed by atoms with E-state index >= 15 is 0 Å². The number of hydrogen-bond donors (Lipinski definition) is 4. The average molecular weight is 471 g/mol. The summed E-state index contributed by atoms with van der Waals surface area (Å²) in [6, 6.07) is 10.3. The van der Waals surface area contributed by atoms with Crippen LogP contribution in [0.1, 0.15) is 23.3 Å². The van der Waals surface area contributed by atoms with Crippen LogP contribution in [0.25, 0.3) is 22.6 Å². The van der Waals surface area contributed by atoms with E-state index in [1.165, 1.54) is 12.3 Å². The zero-order chi connectivity index (χ0) is 24.4. The Hall–Kier alpha value is -4.80. The van der Waals surface area contributed by atoms with E-state index in [0.717, 1.165) is 12.8 Å². The summed E-state index contributed by atoms with van der Waals surface area (Å²) < 4.78 is 5.71. The quantitative estimate of drug-likeness (QED) is 0.301. The van der Waals surface area contributed by atoms with Gasteiger partial charge in [0, 0.05) is 41.7 Å². The molecule has 0 saturated heterocycles. The molecule has 0 spiro atoms. The first-order valence-electron chi connectivity index (χ1n) is 10.9. The maximum absolute atomic E-state index is 12.2. The molecule has 1 aliphatic rings. The standard InChI is InChI=1S/C24H21N7O4/c1-35-21-15(14-7-8-17(24(33)34)27-12-14)3-2-4-16(21)28-18-11-19(29-23(32)13-5-6-13)30-31-20(18)22-25-9-10-26-22/h2-4,7-13H,5-6H2,1H3,(H,25,26)(H,33,34)(H2,28,29,30,32). The van der Waals surface area contributed by atoms with Crippen LogP contribution in [0, 0.1) is 5.92 Å². The molecule has 5 rings (SSSR count). The van der Waals surface area contributed by atoms with Crippen molar-refractivity contribution in [2.24, 2.45) is 5.92 Å². The predicted molar refractivity (Wildman–Crippen MR) is 127 cm³/mol. The zero-order valence-corrected chi connectivity index (χ0v) is 18.6. The number of aromatic carboxylic acids is 1. The molecule has 3 heterocycles. The minimum Gasteiger partial charge on any atom is -0.494 e. The Balaban J connectivity index is 1.52. The molecule has 3 aromatic heterocycles. The van der Waals surface area contributed by atoms with Gasteiger partial charge in [-0.15, -0.1) is 10.2 Å². The fourth-order valence-corrected chi connectivity index (χ4v) is 3.60. The van der Waals surface area contributed by atoms with Gasteiger partial charge in [0.25, 0.3) is 0 Å². The Morgan fingerprint density at radius 2 is 1.97 bits per heavy atom. The van der Waals surface area contributed by atoms with Gasteiger partial charge < -0.3 is 25.5 Å². The zero-order valence-electron chi connectivity index (χ0n) is 18.6. The Bertz CT molecular complexity index is 1380. The van der Waals surface area contributed by atoms with Crippen LogP contribution in [0.3, 0.4) is 0 Å². The second-order valence-electron chi connectivity index (χ2n) is 7.94. The van der Waals surface area contributed by atoms with Gasteiger partial charge in [0.2, 0.25) is 5.91 Å². The van der Waals surface area contributed by atoms with Crippen LogP contribution < -0.4 is 15.4 Å². The van der Waals surface area contributed by atoms with Gasteiger partial charge in [0.15, 0.2) is 17.3 Å². The summed E-state index contributed by atoms with van der Waals surface area (Å²) >= 11 is 0. The number of H-pyrrole nitrogens is 1. The second kappa shape index (κ2) is 9.21. The van der Waals surface area contributed by atoms with Crippen molar-refractivity contribution in [2.75, 3.05) is 17.7 Å². The first-order chi connectivity index (χ1) is 17.0. The highest BCUT2D eigenvalue weighted by molar-refractivity contribution is 5.94. The topological polar surface area (TPSA) is 155 Å². The number of carbonyl (C=O) groups excluding carboxylic acids is 1. The van der Waals surface area contributed by atoms with Crippen molar-refractivity contribution in [3.8, 4) is 28.4 Å². The predicted octanol–water partition coefficient (Wildman–Crippen LogP) is 3.73. The Kier molecular flexibility index (Phi) is 5.80. The normalized spacial score (nSPS) is 12.7. The van der Waals surface area contributed by atoms with Gasteiger partial charge in [0.1, 0.15) is 11.4 Å². The summed E-state index contributed by atoms with van der Waals surface area (Å²) in [5.74, 6) is 0.193. The molecule has 176 valence electrons. The van der Waals surface area contributed by atoms with Gasteiger partial charge >= 0.3 is 5.97 Å². The summed E-state index contributed by atoms with van der Waals surface area (Å²) in [5.41, 5.74) is 2.98. The smallest absolute Gasteiger partial charge is 0.354 e. The highest BCUT2D eigenvalue weighted by Gasteiger charge is 2.30. The number of aromatic nitrogens is 5. The molecule has 1 amide bonds. The average Bonchev–Trinajstić information content (AvgIpc) is 3.59. The van der Waals surface area contributed by atoms with Crippen LogP contribution in [0.5, 0.6) is 5.75 Å². The summed E-state index contributed by atoms with van der Waals surface area (Å²) in [5, 5.41) is 23.7. The molecule has 35 heavy (non-hydrogen) atoms. The third-order valence-corrected chi connectivity index (χ3v) is 5.50. The Morgan fingerprint density at radius 1 is 1.11 bits per heavy atom. The van der Waals surface area contributed by atoms with Gasteiger partial charge in [-0.25, -0.2) is 14.8 Å². The highest BCUT2D eigenvalue weighted by atomic mass is 16.5. The molecule has 11 heteroatoms. The van der Waals surface area contributed by atoms with E-state index in [-0.39, 0.29) is 17.5 Å². The van der Waals surface area contributed by atoms with Gasteiger partial charge in [-0.05, 0) is 25.0 Å². The lowest BCUT2D eigenvalue weighted by Crippen LogP contribution is -2.15. The summed E-state index contributed by atoms with van der Waals surface area (Å²) in [6.45, 7) is 0. The number of carboxylic acids is 1. The molecular formula is C24H21N7O4. The first kappa shape index (κ1) is 22.0. The summed E-state index contributed by atoms with van der Waals surface area (Å²) in [4.78, 5) is 34.7. The van der Waals surface area contributed by atoms with Crippen molar-refractivity contribution in [1.29, 1.82) is 0 Å². The van der Waals surface area contributed by atoms with Crippen LogP contribution in [0.2, 0.25) is 0 Å². The van der Waals surface area contributed by atoms with E-state index in [2.05, 4.69) is 35.8 Å². The molecule has 0 aliphatic heterocycles. The number of ether oxygens (including phenoxy) is 1. The molecule has 0 radical (unpaired) electrons. The van der Waals surface area contributed by atoms with Gasteiger partial charge in [0.05, 0.1) is 18.5 Å². The number of rotatable bonds is 8. The maximum atomic E-state index is 12.2. The molecule has 0 unspecified atom stereocenters. The van der Waals surface area contributed by atoms with E-state index in [4.69, 9.17) is 9.84 Å². The van der Waals surface area contributed by atoms with Crippen LogP contribution in [0.15, 0.2) is 55.0 Å². The highest BCUT2D eigenvalue weighted by Crippen LogP contribution is 2.39. The van der Waals surface area contributed by atoms with E-state index in [9.17, 15) is 9.59 Å². The van der Waals surface area contributed by atoms with Crippen molar-refractivity contribution < 1.29 is 19.4 Å². The van der Waals surface area contributed by atoms with Crippen molar-refractivity contribution in [2.45, 2.75) is 12.8 Å². The minimum absolute atomic E-state index is 0.0239. The van der Waals surface area contributed by atoms with E-state index in [1.54, 1.807) is 31.6 Å². The van der Waals surface area contributed by atoms with Crippen molar-refractivity contribution in [3.63, 3.8) is 0 Å². The number of pyridine rings is 1. The number of aromatic amines is 1. The van der Waals surface area contributed by atoms with Gasteiger partial charge in [-0.2, -0.15) is 0 Å². The SMILES string of the molecule is COc1c(Nc2cc(NC(=O)C3CC3)nnc2-c2ncc[nH]2)cccc1-c1ccc(C(=O)O)nc1. The number of amides is 1. The van der Waals surface area contributed by atoms with E-state index < -0.39 is 5.97 Å². The number of nitrogens with one attached hydrogen (secondary N) is 3. The number of carboxylic acid groups (broad SMARTS) is 1. The molecule has 11 nitrogen and oxygen atoms in total. The molecule has 0 atom stereocenters. The second-order valence-corrected chi connectivity index (χ2v) is 7.94. The van der Waals surface area contributed by atoms with E-state index in [1.807, 2.05) is 18.2 Å². The van der Waals surface area contributed by atoms with Crippen molar-refractivity contribution >= 4 is 29.1 Å². The Morgan fingerprint density at radius 3 is 2.63 bits per heavy atom. The lowest BCUT2D eigenvalue weighted by Gasteiger charge is -2.17. The number of hydrogen-bond acceptors (Lipinski definition) is 8. The third kappa shape index (κ3) is 4.64. The van der Waals surface area contributed by atoms with Crippen LogP contribution in [-0.2, 0) is 4.79 Å². The van der Waals surface area contributed by atoms with Gasteiger partial charge in [-0.1, -0.05) is 18.2 Å². The fraction of sp³-hybridized carbons (Fsp3) is 0.167. The minimum atomic E-state index is -1.10. The number of imidazole rings is 1. The molecule has 1 fully saturated rings. The Labute approximate surface area is 199 Å². The van der Waals surface area contributed by atoms with Crippen LogP contribution in [0.4, 0.5) is 17.2 Å². The third-order valence-electron chi connectivity index (χ3n) is 5.50. The number of methoxy groups -OCH3 is 1. The fourth-order valence-electron chi connectivity index (χ4n) is 3.60. The van der Waals surface area contributed by atoms with Crippen molar-refractivity contribution in [1.82, 2.24) is 25.1 Å². The lowest BCUT2D eigenvalue weighted by molar-refractivity contribution is -0.117. The summed E-state index contributed by atoms with van der Waals surface area (Å²) in [6.07, 6.45) is 6.53. The number of benzene rings is 1. The molecule has 0 bridgehead atoms. The molecule has 1 aliphatic carbocycles. The number of carbonyl (C=O) groups is 2. The molecule has 1 aromatic carbocycles. The molecular weight excluding hydrogens is 450 g/mol. The lowest BCUT2D eigenvalue weighted by atomic mass is 10.0. The maximum Gasteiger partial charge on any atom is 0.354 e. The number of anilines is 3. The summed E-state index contributed by atoms with van der Waals surface area (Å²) in [7, 11) is 1.54. The first-order valence-corrected chi connectivity index (χ1v) is 10.9. The monoisotopic (exact) mass is 471 g/mol. The van der Waals surface area contributed by atoms with Crippen LogP contribution >= 0.6 is 0 Å². The molecule has 1 saturated carbocycles. The molecule has 4 N–H and O–H groups in total. The molecule has 4 aromatic rings. The van der Waals surface area contributed by atoms with Gasteiger partial charge in [-0.3, -0.25) is 4.79 Å². The largest absolute Gasteiger partial charge is 0.494 e. The van der Waals surface area contributed by atoms with Crippen molar-refractivity contribution in [3.05, 3.63) is 60.7 Å². The number of nitrogens with zero attached hydrogens (tertiary/aromatic N) is 4. The van der Waals surface area contributed by atoms with Crippen LogP contribution in [-0.4, -0.2) is 49.2 Å².